The fourth-order valence-corrected chi connectivity index (χ4v) is 3.21. The van der Waals surface area contributed by atoms with Gasteiger partial charge < -0.3 is 29.7 Å². The van der Waals surface area contributed by atoms with Gasteiger partial charge in [0.1, 0.15) is 24.0 Å². The van der Waals surface area contributed by atoms with Crippen LogP contribution in [0.1, 0.15) is 42.2 Å². The van der Waals surface area contributed by atoms with E-state index >= 15 is 0 Å². The minimum absolute atomic E-state index is 0.0721. The van der Waals surface area contributed by atoms with E-state index in [2.05, 4.69) is 11.2 Å². The Kier molecular flexibility index (Phi) is 6.44. The molecule has 1 aliphatic heterocycles. The summed E-state index contributed by atoms with van der Waals surface area (Å²) in [6.07, 6.45) is -3.73. The molecule has 9 heteroatoms. The Morgan fingerprint density at radius 3 is 2.65 bits per heavy atom. The quantitative estimate of drug-likeness (QED) is 0.670. The Labute approximate surface area is 179 Å². The number of carbonyl (C=O) groups is 1. The maximum atomic E-state index is 10.8. The molecule has 0 amide bonds. The number of aliphatic hydroxyl groups is 2. The fraction of sp³-hybridized carbons (Fsp3) is 0.318. The normalized spacial score (nSPS) is 15.1. The lowest BCUT2D eigenvalue weighted by atomic mass is 9.98. The summed E-state index contributed by atoms with van der Waals surface area (Å²) in [6, 6.07) is 12.0. The Balaban J connectivity index is 1.90. The van der Waals surface area contributed by atoms with Crippen molar-refractivity contribution in [3.63, 3.8) is 0 Å². The lowest BCUT2D eigenvalue weighted by Gasteiger charge is -2.22. The molecule has 2 aromatic rings. The van der Waals surface area contributed by atoms with Crippen LogP contribution in [-0.4, -0.2) is 41.0 Å². The molecule has 0 aromatic heterocycles. The third-order valence-electron chi connectivity index (χ3n) is 4.72. The lowest BCUT2D eigenvalue weighted by Crippen LogP contribution is -2.39. The fourth-order valence-electron chi connectivity index (χ4n) is 3.21. The predicted octanol–water partition coefficient (Wildman–Crippen LogP) is 0.954. The highest BCUT2D eigenvalue weighted by molar-refractivity contribution is 6.11. The first-order valence-electron chi connectivity index (χ1n) is 9.59. The van der Waals surface area contributed by atoms with Crippen LogP contribution in [0.2, 0.25) is 0 Å². The van der Waals surface area contributed by atoms with Crippen LogP contribution in [0.5, 0.6) is 5.75 Å². The number of hydrogen-bond acceptors (Lipinski definition) is 9. The van der Waals surface area contributed by atoms with E-state index in [-0.39, 0.29) is 18.4 Å². The molecule has 2 aromatic carbocycles. The summed E-state index contributed by atoms with van der Waals surface area (Å²) in [4.78, 5) is 17.9. The van der Waals surface area contributed by atoms with Gasteiger partial charge in [-0.05, 0) is 50.1 Å². The summed E-state index contributed by atoms with van der Waals surface area (Å²) in [7, 11) is 0. The van der Waals surface area contributed by atoms with Crippen LogP contribution in [0.25, 0.3) is 0 Å². The molecule has 0 bridgehead atoms. The third-order valence-corrected chi connectivity index (χ3v) is 4.72. The summed E-state index contributed by atoms with van der Waals surface area (Å²) >= 11 is 0. The molecular weight excluding hydrogens is 402 g/mol. The van der Waals surface area contributed by atoms with Crippen molar-refractivity contribution < 1.29 is 29.7 Å². The van der Waals surface area contributed by atoms with Gasteiger partial charge >= 0.3 is 0 Å². The van der Waals surface area contributed by atoms with E-state index in [0.29, 0.717) is 34.0 Å². The second-order valence-electron chi connectivity index (χ2n) is 7.34. The van der Waals surface area contributed by atoms with Gasteiger partial charge in [0.25, 0.3) is 0 Å². The van der Waals surface area contributed by atoms with E-state index in [0.717, 1.165) is 0 Å². The number of nitriles is 1. The van der Waals surface area contributed by atoms with E-state index < -0.39 is 18.2 Å². The Hall–Kier alpha value is -3.61. The molecule has 31 heavy (non-hydrogen) atoms. The molecule has 3 rings (SSSR count). The van der Waals surface area contributed by atoms with Crippen molar-refractivity contribution in [1.82, 2.24) is 0 Å². The number of carboxylic acids is 1. The molecule has 0 saturated heterocycles. The second kappa shape index (κ2) is 9.04. The molecule has 0 aliphatic carbocycles. The number of ether oxygens (including phenoxy) is 1. The molecule has 0 saturated carbocycles. The minimum atomic E-state index is -2.04. The maximum Gasteiger partial charge on any atom is 0.195 e. The number of anilines is 1. The number of aliphatic hydroxyl groups excluding tert-OH is 2. The van der Waals surface area contributed by atoms with E-state index in [1.54, 1.807) is 42.2 Å². The molecule has 0 fully saturated rings. The summed E-state index contributed by atoms with van der Waals surface area (Å²) in [5.74, 6) is -0.784. The van der Waals surface area contributed by atoms with E-state index in [1.807, 2.05) is 13.8 Å². The number of carbonyl (C=O) groups excluding carboxylic acids is 1. The SMILES string of the molecule is Cc1cc(C(O)C(O)C(=O)[O-])ccc1C1=NOCN1c1ccc(OC(C)C)c(C#N)c1. The first-order valence-corrected chi connectivity index (χ1v) is 9.59. The minimum Gasteiger partial charge on any atom is -0.547 e. The standard InChI is InChI=1S/C22H23N3O6/c1-12(2)31-18-7-5-16(9-15(18)10-23)25-11-30-24-21(25)17-6-4-14(8-13(17)3)19(26)20(27)22(28)29/h4-9,12,19-20,26-27H,11H2,1-3H3,(H,28,29)/p-1. The molecule has 9 nitrogen and oxygen atoms in total. The number of benzene rings is 2. The monoisotopic (exact) mass is 424 g/mol. The van der Waals surface area contributed by atoms with Crippen molar-refractivity contribution in [3.8, 4) is 11.8 Å². The summed E-state index contributed by atoms with van der Waals surface area (Å²) in [5, 5.41) is 44.0. The van der Waals surface area contributed by atoms with Crippen LogP contribution in [-0.2, 0) is 9.63 Å². The number of nitrogens with zero attached hydrogens (tertiary/aromatic N) is 3. The van der Waals surface area contributed by atoms with Gasteiger partial charge in [-0.1, -0.05) is 23.4 Å². The first kappa shape index (κ1) is 22.1. The Morgan fingerprint density at radius 1 is 1.29 bits per heavy atom. The van der Waals surface area contributed by atoms with Crippen LogP contribution in [0.4, 0.5) is 5.69 Å². The van der Waals surface area contributed by atoms with Gasteiger partial charge in [0.15, 0.2) is 12.6 Å². The maximum absolute atomic E-state index is 10.8. The summed E-state index contributed by atoms with van der Waals surface area (Å²) < 4.78 is 5.66. The average molecular weight is 424 g/mol. The number of aliphatic carboxylic acids is 1. The number of aryl methyl sites for hydroxylation is 1. The van der Waals surface area contributed by atoms with Gasteiger partial charge in [-0.2, -0.15) is 5.26 Å². The number of amidine groups is 1. The molecule has 162 valence electrons. The lowest BCUT2D eigenvalue weighted by molar-refractivity contribution is -0.318. The zero-order chi connectivity index (χ0) is 22.7. The molecule has 2 atom stereocenters. The molecular formula is C22H22N3O6-. The van der Waals surface area contributed by atoms with Crippen LogP contribution in [0, 0.1) is 18.3 Å². The van der Waals surface area contributed by atoms with Gasteiger partial charge in [0.05, 0.1) is 17.6 Å². The zero-order valence-electron chi connectivity index (χ0n) is 17.3. The van der Waals surface area contributed by atoms with E-state index in [4.69, 9.17) is 9.57 Å². The third kappa shape index (κ3) is 4.60. The van der Waals surface area contributed by atoms with Crippen molar-refractivity contribution in [2.75, 3.05) is 11.6 Å². The first-order chi connectivity index (χ1) is 14.7. The number of oxime groups is 1. The molecule has 0 spiro atoms. The molecule has 2 unspecified atom stereocenters. The van der Waals surface area contributed by atoms with Crippen molar-refractivity contribution in [1.29, 1.82) is 5.26 Å². The predicted molar refractivity (Wildman–Crippen MR) is 109 cm³/mol. The number of carboxylic acid groups (broad SMARTS) is 1. The van der Waals surface area contributed by atoms with Gasteiger partial charge in [-0.15, -0.1) is 0 Å². The smallest absolute Gasteiger partial charge is 0.195 e. The molecule has 1 heterocycles. The van der Waals surface area contributed by atoms with E-state index in [1.165, 1.54) is 6.07 Å². The van der Waals surface area contributed by atoms with Gasteiger partial charge in [0, 0.05) is 11.3 Å². The largest absolute Gasteiger partial charge is 0.547 e. The van der Waals surface area contributed by atoms with E-state index in [9.17, 15) is 25.4 Å². The molecule has 1 aliphatic rings. The zero-order valence-corrected chi connectivity index (χ0v) is 17.3. The molecule has 2 N–H and O–H groups in total. The van der Waals surface area contributed by atoms with Gasteiger partial charge in [0.2, 0.25) is 0 Å². The van der Waals surface area contributed by atoms with Crippen molar-refractivity contribution in [2.45, 2.75) is 39.1 Å². The summed E-state index contributed by atoms with van der Waals surface area (Å²) in [6.45, 7) is 5.65. The van der Waals surface area contributed by atoms with Crippen LogP contribution >= 0.6 is 0 Å². The topological polar surface area (TPSA) is 138 Å². The van der Waals surface area contributed by atoms with Crippen molar-refractivity contribution in [2.24, 2.45) is 5.16 Å². The Morgan fingerprint density at radius 2 is 2.03 bits per heavy atom. The second-order valence-corrected chi connectivity index (χ2v) is 7.34. The molecule has 0 radical (unpaired) electrons. The Bertz CT molecular complexity index is 1060. The average Bonchev–Trinajstić information content (AvgIpc) is 3.21. The van der Waals surface area contributed by atoms with Gasteiger partial charge in [-0.3, -0.25) is 4.90 Å². The van der Waals surface area contributed by atoms with Crippen LogP contribution in [0.3, 0.4) is 0 Å². The number of hydrogen-bond donors (Lipinski definition) is 2. The van der Waals surface area contributed by atoms with Crippen LogP contribution in [0.15, 0.2) is 41.6 Å². The highest BCUT2D eigenvalue weighted by atomic mass is 16.7. The number of rotatable bonds is 7. The van der Waals surface area contributed by atoms with Crippen molar-refractivity contribution in [3.05, 3.63) is 58.7 Å². The van der Waals surface area contributed by atoms with Crippen LogP contribution < -0.4 is 14.7 Å². The van der Waals surface area contributed by atoms with Gasteiger partial charge in [-0.25, -0.2) is 0 Å². The highest BCUT2D eigenvalue weighted by Gasteiger charge is 2.26. The van der Waals surface area contributed by atoms with Crippen molar-refractivity contribution >= 4 is 17.5 Å². The highest BCUT2D eigenvalue weighted by Crippen LogP contribution is 2.30. The summed E-state index contributed by atoms with van der Waals surface area (Å²) in [5.41, 5.74) is 2.64.